The molecule has 1 aliphatic carbocycles. The predicted molar refractivity (Wildman–Crippen MR) is 48.2 cm³/mol. The van der Waals surface area contributed by atoms with Crippen molar-refractivity contribution in [1.29, 1.82) is 0 Å². The molecule has 0 heterocycles. The maximum absolute atomic E-state index is 5.92. The number of hydrogen-bond acceptors (Lipinski definition) is 2. The summed E-state index contributed by atoms with van der Waals surface area (Å²) in [7, 11) is 0. The highest BCUT2D eigenvalue weighted by Crippen LogP contribution is 2.37. The fraction of sp³-hybridized carbons (Fsp3) is 1.00. The second kappa shape index (κ2) is 3.11. The minimum absolute atomic E-state index is 0.317. The molecule has 0 spiro atoms. The lowest BCUT2D eigenvalue weighted by Crippen LogP contribution is -2.41. The zero-order chi connectivity index (χ0) is 8.48. The Kier molecular flexibility index (Phi) is 2.55. The van der Waals surface area contributed by atoms with Crippen molar-refractivity contribution in [3.63, 3.8) is 0 Å². The van der Waals surface area contributed by atoms with Gasteiger partial charge in [-0.3, -0.25) is 0 Å². The second-order valence-electron chi connectivity index (χ2n) is 4.52. The first-order valence-corrected chi connectivity index (χ1v) is 4.51. The van der Waals surface area contributed by atoms with Crippen LogP contribution in [-0.2, 0) is 0 Å². The molecular weight excluding hydrogens is 136 g/mol. The molecule has 3 unspecified atom stereocenters. The lowest BCUT2D eigenvalue weighted by molar-refractivity contribution is 0.157. The van der Waals surface area contributed by atoms with Crippen LogP contribution < -0.4 is 11.5 Å². The van der Waals surface area contributed by atoms with Crippen LogP contribution in [0.2, 0.25) is 0 Å². The van der Waals surface area contributed by atoms with E-state index in [9.17, 15) is 0 Å². The highest BCUT2D eigenvalue weighted by molar-refractivity contribution is 4.88. The van der Waals surface area contributed by atoms with Gasteiger partial charge in [-0.05, 0) is 37.1 Å². The quantitative estimate of drug-likeness (QED) is 0.597. The third-order valence-corrected chi connectivity index (χ3v) is 2.79. The molecule has 1 saturated carbocycles. The Bertz CT molecular complexity index is 124. The first-order valence-electron chi connectivity index (χ1n) is 4.51. The van der Waals surface area contributed by atoms with Crippen LogP contribution in [0, 0.1) is 11.3 Å². The zero-order valence-corrected chi connectivity index (χ0v) is 7.64. The van der Waals surface area contributed by atoms with Crippen molar-refractivity contribution in [2.45, 2.75) is 39.2 Å². The molecule has 1 rings (SSSR count). The molecule has 66 valence electrons. The van der Waals surface area contributed by atoms with E-state index in [0.717, 1.165) is 18.9 Å². The molecule has 0 saturated heterocycles. The van der Waals surface area contributed by atoms with Gasteiger partial charge >= 0.3 is 0 Å². The SMILES string of the molecule is CC1CC(N)CC(C)(CN)C1. The van der Waals surface area contributed by atoms with Crippen molar-refractivity contribution in [3.8, 4) is 0 Å². The van der Waals surface area contributed by atoms with Crippen molar-refractivity contribution < 1.29 is 0 Å². The number of rotatable bonds is 1. The number of hydrogen-bond donors (Lipinski definition) is 2. The predicted octanol–water partition coefficient (Wildman–Crippen LogP) is 1.10. The smallest absolute Gasteiger partial charge is 0.00470 e. The monoisotopic (exact) mass is 156 g/mol. The molecule has 0 aliphatic heterocycles. The van der Waals surface area contributed by atoms with Gasteiger partial charge in [-0.25, -0.2) is 0 Å². The molecule has 2 heteroatoms. The van der Waals surface area contributed by atoms with Crippen LogP contribution in [0.5, 0.6) is 0 Å². The van der Waals surface area contributed by atoms with Gasteiger partial charge in [-0.2, -0.15) is 0 Å². The van der Waals surface area contributed by atoms with Crippen molar-refractivity contribution in [2.75, 3.05) is 6.54 Å². The van der Waals surface area contributed by atoms with Gasteiger partial charge in [0.2, 0.25) is 0 Å². The molecule has 0 aromatic heterocycles. The summed E-state index contributed by atoms with van der Waals surface area (Å²) >= 11 is 0. The molecule has 0 radical (unpaired) electrons. The minimum Gasteiger partial charge on any atom is -0.330 e. The molecule has 11 heavy (non-hydrogen) atoms. The average Bonchev–Trinajstić information content (AvgIpc) is 1.84. The van der Waals surface area contributed by atoms with Gasteiger partial charge < -0.3 is 11.5 Å². The summed E-state index contributed by atoms with van der Waals surface area (Å²) in [6, 6.07) is 0.382. The molecule has 0 aromatic rings. The Morgan fingerprint density at radius 3 is 2.55 bits per heavy atom. The van der Waals surface area contributed by atoms with Crippen LogP contribution in [0.15, 0.2) is 0 Å². The molecule has 2 nitrogen and oxygen atoms in total. The van der Waals surface area contributed by atoms with Gasteiger partial charge in [-0.1, -0.05) is 13.8 Å². The highest BCUT2D eigenvalue weighted by atomic mass is 14.7. The minimum atomic E-state index is 0.317. The lowest BCUT2D eigenvalue weighted by Gasteiger charge is -2.39. The van der Waals surface area contributed by atoms with Gasteiger partial charge in [0.1, 0.15) is 0 Å². The largest absolute Gasteiger partial charge is 0.330 e. The Balaban J connectivity index is 2.55. The first kappa shape index (κ1) is 9.01. The number of nitrogens with two attached hydrogens (primary N) is 2. The van der Waals surface area contributed by atoms with Gasteiger partial charge in [0.05, 0.1) is 0 Å². The van der Waals surface area contributed by atoms with Crippen LogP contribution in [0.4, 0.5) is 0 Å². The fourth-order valence-electron chi connectivity index (χ4n) is 2.41. The average molecular weight is 156 g/mol. The standard InChI is InChI=1S/C9H20N2/c1-7-3-8(11)5-9(2,4-7)6-10/h7-8H,3-6,10-11H2,1-2H3. The second-order valence-corrected chi connectivity index (χ2v) is 4.52. The summed E-state index contributed by atoms with van der Waals surface area (Å²) in [4.78, 5) is 0. The van der Waals surface area contributed by atoms with Gasteiger partial charge in [0, 0.05) is 6.04 Å². The molecule has 0 aromatic carbocycles. The first-order chi connectivity index (χ1) is 5.06. The Hall–Kier alpha value is -0.0800. The molecule has 0 amide bonds. The summed E-state index contributed by atoms with van der Waals surface area (Å²) < 4.78 is 0. The molecule has 4 N–H and O–H groups in total. The van der Waals surface area contributed by atoms with Crippen molar-refractivity contribution >= 4 is 0 Å². The summed E-state index contributed by atoms with van der Waals surface area (Å²) in [6.45, 7) is 5.31. The van der Waals surface area contributed by atoms with Crippen LogP contribution in [0.25, 0.3) is 0 Å². The van der Waals surface area contributed by atoms with Crippen LogP contribution in [0.1, 0.15) is 33.1 Å². The van der Waals surface area contributed by atoms with Gasteiger partial charge in [-0.15, -0.1) is 0 Å². The Morgan fingerprint density at radius 1 is 1.45 bits per heavy atom. The summed E-state index contributed by atoms with van der Waals surface area (Å²) in [6.07, 6.45) is 3.53. The van der Waals surface area contributed by atoms with Gasteiger partial charge in [0.15, 0.2) is 0 Å². The van der Waals surface area contributed by atoms with E-state index in [1.165, 1.54) is 12.8 Å². The van der Waals surface area contributed by atoms with E-state index in [2.05, 4.69) is 13.8 Å². The summed E-state index contributed by atoms with van der Waals surface area (Å²) in [5, 5.41) is 0. The highest BCUT2D eigenvalue weighted by Gasteiger charge is 2.32. The lowest BCUT2D eigenvalue weighted by atomic mass is 9.70. The zero-order valence-electron chi connectivity index (χ0n) is 7.64. The Morgan fingerprint density at radius 2 is 2.09 bits per heavy atom. The molecule has 0 bridgehead atoms. The topological polar surface area (TPSA) is 52.0 Å². The van der Waals surface area contributed by atoms with E-state index in [4.69, 9.17) is 11.5 Å². The summed E-state index contributed by atoms with van der Waals surface area (Å²) in [5.74, 6) is 0.757. The molecule has 3 atom stereocenters. The summed E-state index contributed by atoms with van der Waals surface area (Å²) in [5.41, 5.74) is 11.9. The van der Waals surface area contributed by atoms with E-state index in [-0.39, 0.29) is 0 Å². The molecule has 1 aliphatic rings. The van der Waals surface area contributed by atoms with E-state index in [0.29, 0.717) is 11.5 Å². The Labute approximate surface area is 69.3 Å². The van der Waals surface area contributed by atoms with E-state index < -0.39 is 0 Å². The maximum atomic E-state index is 5.92. The molecule has 1 fully saturated rings. The van der Waals surface area contributed by atoms with E-state index in [1.54, 1.807) is 0 Å². The van der Waals surface area contributed by atoms with Gasteiger partial charge in [0.25, 0.3) is 0 Å². The fourth-order valence-corrected chi connectivity index (χ4v) is 2.41. The third kappa shape index (κ3) is 2.17. The van der Waals surface area contributed by atoms with Crippen molar-refractivity contribution in [2.24, 2.45) is 22.8 Å². The molecular formula is C9H20N2. The van der Waals surface area contributed by atoms with E-state index in [1.807, 2.05) is 0 Å². The maximum Gasteiger partial charge on any atom is 0.00470 e. The third-order valence-electron chi connectivity index (χ3n) is 2.79. The van der Waals surface area contributed by atoms with Crippen molar-refractivity contribution in [1.82, 2.24) is 0 Å². The normalized spacial score (nSPS) is 45.8. The van der Waals surface area contributed by atoms with Crippen LogP contribution in [-0.4, -0.2) is 12.6 Å². The van der Waals surface area contributed by atoms with E-state index >= 15 is 0 Å². The van der Waals surface area contributed by atoms with Crippen molar-refractivity contribution in [3.05, 3.63) is 0 Å². The van der Waals surface area contributed by atoms with Crippen LogP contribution in [0.3, 0.4) is 0 Å². The van der Waals surface area contributed by atoms with Crippen LogP contribution >= 0.6 is 0 Å².